The van der Waals surface area contributed by atoms with Gasteiger partial charge in [0.15, 0.2) is 0 Å². The predicted molar refractivity (Wildman–Crippen MR) is 144 cm³/mol. The van der Waals surface area contributed by atoms with E-state index >= 15 is 0 Å². The van der Waals surface area contributed by atoms with E-state index in [-0.39, 0.29) is 44.7 Å². The van der Waals surface area contributed by atoms with Gasteiger partial charge >= 0.3 is 23.1 Å². The van der Waals surface area contributed by atoms with Gasteiger partial charge in [-0.25, -0.2) is 0 Å². The Morgan fingerprint density at radius 1 is 0.571 bits per heavy atom. The summed E-state index contributed by atoms with van der Waals surface area (Å²) in [5.74, 6) is 0. The number of phosphoric acid groups is 1. The Morgan fingerprint density at radius 2 is 0.800 bits per heavy atom. The second-order valence-electron chi connectivity index (χ2n) is 13.6. The van der Waals surface area contributed by atoms with Crippen molar-refractivity contribution in [3.8, 4) is 0 Å². The van der Waals surface area contributed by atoms with Gasteiger partial charge in [-0.05, 0) is 55.0 Å². The first kappa shape index (κ1) is 32.3. The van der Waals surface area contributed by atoms with Crippen molar-refractivity contribution in [1.82, 2.24) is 0 Å². The molecule has 2 rings (SSSR count). The monoisotopic (exact) mass is 510 g/mol. The molecule has 0 unspecified atom stereocenters. The molecule has 190 valence electrons. The molecule has 6 heteroatoms. The maximum Gasteiger partial charge on any atom is 2.00 e. The van der Waals surface area contributed by atoms with Crippen molar-refractivity contribution in [3.63, 3.8) is 0 Å². The van der Waals surface area contributed by atoms with Crippen LogP contribution in [0, 0.1) is 0 Å². The minimum atomic E-state index is -5.28. The van der Waals surface area contributed by atoms with Crippen LogP contribution >= 0.6 is 7.82 Å². The third-order valence-corrected chi connectivity index (χ3v) is 6.68. The molecule has 2 aromatic carbocycles. The van der Waals surface area contributed by atoms with Gasteiger partial charge in [-0.1, -0.05) is 119 Å². The summed E-state index contributed by atoms with van der Waals surface area (Å²) >= 11 is 0. The molecule has 0 spiro atoms. The molecule has 0 heterocycles. The van der Waals surface area contributed by atoms with Crippen LogP contribution < -0.4 is 9.79 Å². The van der Waals surface area contributed by atoms with E-state index in [0.29, 0.717) is 11.1 Å². The van der Waals surface area contributed by atoms with Gasteiger partial charge in [0.25, 0.3) is 0 Å². The van der Waals surface area contributed by atoms with E-state index in [9.17, 15) is 14.4 Å². The summed E-state index contributed by atoms with van der Waals surface area (Å²) in [5.41, 5.74) is 4.97. The summed E-state index contributed by atoms with van der Waals surface area (Å²) in [5, 5.41) is 0. The van der Waals surface area contributed by atoms with Gasteiger partial charge in [0.1, 0.15) is 6.10 Å². The number of benzene rings is 2. The van der Waals surface area contributed by atoms with E-state index in [0.717, 1.165) is 22.3 Å². The second kappa shape index (κ2) is 10.6. The molecule has 0 atom stereocenters. The zero-order valence-corrected chi connectivity index (χ0v) is 26.1. The molecule has 35 heavy (non-hydrogen) atoms. The summed E-state index contributed by atoms with van der Waals surface area (Å²) in [7, 11) is -5.28. The number of hydrogen-bond donors (Lipinski definition) is 0. The Kier molecular flexibility index (Phi) is 9.79. The van der Waals surface area contributed by atoms with Crippen LogP contribution in [-0.4, -0.2) is 23.1 Å². The molecule has 0 fully saturated rings. The van der Waals surface area contributed by atoms with Crippen LogP contribution in [0.25, 0.3) is 0 Å². The van der Waals surface area contributed by atoms with E-state index in [2.05, 4.69) is 95.2 Å². The third kappa shape index (κ3) is 8.98. The van der Waals surface area contributed by atoms with E-state index in [1.54, 1.807) is 0 Å². The van der Waals surface area contributed by atoms with Crippen molar-refractivity contribution in [1.29, 1.82) is 0 Å². The molecule has 0 N–H and O–H groups in total. The van der Waals surface area contributed by atoms with Gasteiger partial charge in [-0.15, -0.1) is 0 Å². The topological polar surface area (TPSA) is 72.4 Å². The molecule has 0 amide bonds. The maximum absolute atomic E-state index is 12.0. The second-order valence-corrected chi connectivity index (χ2v) is 14.7. The zero-order valence-electron chi connectivity index (χ0n) is 23.8. The number of rotatable bonds is 4. The quantitative estimate of drug-likeness (QED) is 0.351. The Hall–Kier alpha value is -0.684. The first-order chi connectivity index (χ1) is 15.0. The molecule has 0 bridgehead atoms. The molecule has 2 aromatic rings. The fourth-order valence-corrected chi connectivity index (χ4v) is 4.28. The van der Waals surface area contributed by atoms with E-state index < -0.39 is 13.9 Å². The molecular weight excluding hydrogens is 468 g/mol. The largest absolute Gasteiger partial charge is 2.00 e. The van der Waals surface area contributed by atoms with Crippen LogP contribution in [0.2, 0.25) is 0 Å². The van der Waals surface area contributed by atoms with Crippen LogP contribution in [0.15, 0.2) is 36.4 Å². The zero-order chi connectivity index (χ0) is 26.5. The Labute approximate surface area is 229 Å². The normalized spacial score (nSPS) is 13.7. The smallest absolute Gasteiger partial charge is 0.790 e. The van der Waals surface area contributed by atoms with Crippen LogP contribution in [-0.2, 0) is 30.7 Å². The Bertz CT molecular complexity index is 934. The van der Waals surface area contributed by atoms with Crippen molar-refractivity contribution in [2.75, 3.05) is 0 Å². The summed E-state index contributed by atoms with van der Waals surface area (Å²) in [6, 6.07) is 12.3. The van der Waals surface area contributed by atoms with Crippen molar-refractivity contribution in [3.05, 3.63) is 69.8 Å². The summed E-state index contributed by atoms with van der Waals surface area (Å²) in [4.78, 5) is 23.9. The summed E-state index contributed by atoms with van der Waals surface area (Å²) < 4.78 is 17.3. The van der Waals surface area contributed by atoms with Crippen LogP contribution in [0.5, 0.6) is 0 Å². The van der Waals surface area contributed by atoms with E-state index in [1.807, 2.05) is 24.3 Å². The molecule has 0 radical (unpaired) electrons. The molecule has 4 nitrogen and oxygen atoms in total. The fraction of sp³-hybridized carbons (Fsp3) is 0.586. The average Bonchev–Trinajstić information content (AvgIpc) is 2.62. The van der Waals surface area contributed by atoms with Gasteiger partial charge in [0.05, 0.1) is 7.82 Å². The summed E-state index contributed by atoms with van der Waals surface area (Å²) in [6.07, 6.45) is -1.02. The molecule has 0 aliphatic heterocycles. The van der Waals surface area contributed by atoms with Crippen molar-refractivity contribution in [2.24, 2.45) is 0 Å². The van der Waals surface area contributed by atoms with Crippen LogP contribution in [0.1, 0.15) is 123 Å². The number of hydrogen-bond acceptors (Lipinski definition) is 4. The van der Waals surface area contributed by atoms with Gasteiger partial charge in [-0.2, -0.15) is 0 Å². The van der Waals surface area contributed by atoms with Gasteiger partial charge in [0, 0.05) is 0 Å². The number of phosphoric ester groups is 1. The molecule has 0 aliphatic carbocycles. The molecule has 0 saturated carbocycles. The first-order valence-electron chi connectivity index (χ1n) is 12.0. The van der Waals surface area contributed by atoms with Gasteiger partial charge < -0.3 is 18.9 Å². The maximum atomic E-state index is 12.0. The standard InChI is InChI=1S/C29H45O4P.Mg/c1-26(2,3)21-13-19(14-22(17-21)27(4,5)6)25(33-34(30,31)32)20-15-23(28(7,8)9)18-24(16-20)29(10,11)12;/h13-18,25H,1-12H3,(H2,30,31,32);/q;+2/p-2. The van der Waals surface area contributed by atoms with Crippen molar-refractivity contribution in [2.45, 2.75) is 111 Å². The molecular formula is C29H43MgO4P. The predicted octanol–water partition coefficient (Wildman–Crippen LogP) is 6.43. The molecule has 0 aromatic heterocycles. The van der Waals surface area contributed by atoms with Crippen molar-refractivity contribution < 1.29 is 18.9 Å². The van der Waals surface area contributed by atoms with Crippen LogP contribution in [0.3, 0.4) is 0 Å². The van der Waals surface area contributed by atoms with E-state index in [1.165, 1.54) is 0 Å². The Balaban J connectivity index is 0.00000612. The van der Waals surface area contributed by atoms with Gasteiger partial charge in [0.2, 0.25) is 0 Å². The van der Waals surface area contributed by atoms with Gasteiger partial charge in [-0.3, -0.25) is 0 Å². The minimum absolute atomic E-state index is 0. The molecule has 0 aliphatic rings. The van der Waals surface area contributed by atoms with Crippen molar-refractivity contribution >= 4 is 30.9 Å². The minimum Gasteiger partial charge on any atom is -0.790 e. The third-order valence-electron chi connectivity index (χ3n) is 6.21. The van der Waals surface area contributed by atoms with Crippen LogP contribution in [0.4, 0.5) is 0 Å². The Morgan fingerprint density at radius 3 is 0.971 bits per heavy atom. The van der Waals surface area contributed by atoms with E-state index in [4.69, 9.17) is 4.52 Å². The average molecular weight is 511 g/mol. The fourth-order valence-electron chi connectivity index (χ4n) is 3.78. The first-order valence-corrected chi connectivity index (χ1v) is 13.5. The SMILES string of the molecule is CC(C)(C)c1cc(C(OP(=O)([O-])[O-])c2cc(C(C)(C)C)cc(C(C)(C)C)c2)cc(C(C)(C)C)c1.[Mg+2]. The molecule has 0 saturated heterocycles. The summed E-state index contributed by atoms with van der Waals surface area (Å²) in [6.45, 7) is 25.5.